The van der Waals surface area contributed by atoms with Gasteiger partial charge in [-0.1, -0.05) is 13.0 Å². The van der Waals surface area contributed by atoms with E-state index in [0.717, 1.165) is 49.9 Å². The highest BCUT2D eigenvalue weighted by molar-refractivity contribution is 5.96. The van der Waals surface area contributed by atoms with Crippen molar-refractivity contribution in [2.75, 3.05) is 18.4 Å². The van der Waals surface area contributed by atoms with Crippen LogP contribution in [0.25, 0.3) is 0 Å². The van der Waals surface area contributed by atoms with Gasteiger partial charge in [0.15, 0.2) is 0 Å². The maximum atomic E-state index is 12.8. The van der Waals surface area contributed by atoms with Crippen LogP contribution in [0.1, 0.15) is 66.9 Å². The Kier molecular flexibility index (Phi) is 7.47. The summed E-state index contributed by atoms with van der Waals surface area (Å²) in [7, 11) is 0. The number of carbonyl (C=O) groups excluding carboxylic acids is 2. The highest BCUT2D eigenvalue weighted by atomic mass is 16.5. The summed E-state index contributed by atoms with van der Waals surface area (Å²) in [6, 6.07) is 8.90. The molecule has 3 amide bonds. The Morgan fingerprint density at radius 3 is 2.61 bits per heavy atom. The van der Waals surface area contributed by atoms with Gasteiger partial charge in [0, 0.05) is 42.6 Å². The summed E-state index contributed by atoms with van der Waals surface area (Å²) >= 11 is 0. The third kappa shape index (κ3) is 6.03. The summed E-state index contributed by atoms with van der Waals surface area (Å²) in [5.41, 5.74) is 3.06. The lowest BCUT2D eigenvalue weighted by molar-refractivity contribution is 0.0697. The molecule has 1 aliphatic carbocycles. The van der Waals surface area contributed by atoms with Crippen LogP contribution in [0.5, 0.6) is 5.88 Å². The van der Waals surface area contributed by atoms with Crippen molar-refractivity contribution in [3.63, 3.8) is 0 Å². The summed E-state index contributed by atoms with van der Waals surface area (Å²) in [5, 5.41) is 5.78. The number of anilines is 1. The van der Waals surface area contributed by atoms with Gasteiger partial charge >= 0.3 is 6.03 Å². The Hall–Kier alpha value is -3.09. The van der Waals surface area contributed by atoms with Crippen molar-refractivity contribution in [3.8, 4) is 5.88 Å². The van der Waals surface area contributed by atoms with Gasteiger partial charge in [0.1, 0.15) is 6.10 Å². The molecule has 1 aromatic carbocycles. The van der Waals surface area contributed by atoms with E-state index in [4.69, 9.17) is 4.74 Å². The first-order chi connectivity index (χ1) is 16.0. The molecule has 1 aromatic heterocycles. The van der Waals surface area contributed by atoms with Crippen LogP contribution in [0.3, 0.4) is 0 Å². The number of urea groups is 1. The first-order valence-electron chi connectivity index (χ1n) is 12.0. The van der Waals surface area contributed by atoms with Crippen molar-refractivity contribution in [1.29, 1.82) is 0 Å². The van der Waals surface area contributed by atoms with Crippen LogP contribution in [0.15, 0.2) is 36.5 Å². The lowest BCUT2D eigenvalue weighted by Gasteiger charge is -2.30. The van der Waals surface area contributed by atoms with E-state index in [1.54, 1.807) is 18.3 Å². The third-order valence-electron chi connectivity index (χ3n) is 6.66. The largest absolute Gasteiger partial charge is 0.474 e. The molecule has 1 saturated carbocycles. The summed E-state index contributed by atoms with van der Waals surface area (Å²) in [5.74, 6) is 1.33. The summed E-state index contributed by atoms with van der Waals surface area (Å²) in [6.07, 6.45) is 8.51. The summed E-state index contributed by atoms with van der Waals surface area (Å²) < 4.78 is 6.05. The highest BCUT2D eigenvalue weighted by Crippen LogP contribution is 2.25. The van der Waals surface area contributed by atoms with Gasteiger partial charge in [-0.25, -0.2) is 9.78 Å². The van der Waals surface area contributed by atoms with E-state index in [2.05, 4.69) is 22.5 Å². The monoisotopic (exact) mass is 450 g/mol. The maximum absolute atomic E-state index is 12.8. The van der Waals surface area contributed by atoms with Crippen molar-refractivity contribution in [1.82, 2.24) is 15.2 Å². The molecule has 2 heterocycles. The Morgan fingerprint density at radius 1 is 1.12 bits per heavy atom. The average Bonchev–Trinajstić information content (AvgIpc) is 3.33. The molecule has 2 aliphatic rings. The molecule has 1 aliphatic heterocycles. The second kappa shape index (κ2) is 10.7. The van der Waals surface area contributed by atoms with E-state index in [1.165, 1.54) is 12.8 Å². The minimum absolute atomic E-state index is 0.0624. The second-order valence-corrected chi connectivity index (χ2v) is 9.30. The van der Waals surface area contributed by atoms with Gasteiger partial charge in [0.25, 0.3) is 5.91 Å². The van der Waals surface area contributed by atoms with Gasteiger partial charge in [0.05, 0.1) is 0 Å². The smallest absolute Gasteiger partial charge is 0.319 e. The number of rotatable bonds is 6. The van der Waals surface area contributed by atoms with Crippen molar-refractivity contribution in [3.05, 3.63) is 53.2 Å². The molecule has 7 heteroatoms. The number of hydrogen-bond donors (Lipinski definition) is 2. The number of carbonyl (C=O) groups is 2. The molecule has 0 atom stereocenters. The van der Waals surface area contributed by atoms with Crippen LogP contribution in [-0.2, 0) is 6.54 Å². The predicted molar refractivity (Wildman–Crippen MR) is 128 cm³/mol. The molecule has 0 spiro atoms. The summed E-state index contributed by atoms with van der Waals surface area (Å²) in [6.45, 7) is 6.07. The lowest BCUT2D eigenvalue weighted by atomic mass is 9.98. The highest BCUT2D eigenvalue weighted by Gasteiger charge is 2.22. The predicted octanol–water partition coefficient (Wildman–Crippen LogP) is 4.91. The maximum Gasteiger partial charge on any atom is 0.319 e. The minimum atomic E-state index is -0.308. The topological polar surface area (TPSA) is 83.6 Å². The number of amides is 3. The number of piperidine rings is 1. The number of pyridine rings is 1. The number of ether oxygens (including phenoxy) is 1. The lowest BCUT2D eigenvalue weighted by Crippen LogP contribution is -2.37. The molecular formula is C26H34N4O3. The van der Waals surface area contributed by atoms with Crippen LogP contribution >= 0.6 is 0 Å². The Morgan fingerprint density at radius 2 is 1.88 bits per heavy atom. The standard InChI is InChI=1S/C26H34N4O3/c1-18-11-14-30(15-12-18)25(31)20-9-10-23(19(2)16-20)29-26(32)28-17-21-6-5-13-27-24(21)33-22-7-3-4-8-22/h5-6,9-10,13,16,18,22H,3-4,7-8,11-12,14-15,17H2,1-2H3,(H2,28,29,32). The fourth-order valence-electron chi connectivity index (χ4n) is 4.50. The van der Waals surface area contributed by atoms with Crippen LogP contribution < -0.4 is 15.4 Å². The molecule has 0 bridgehead atoms. The first kappa shape index (κ1) is 23.1. The van der Waals surface area contributed by atoms with E-state index < -0.39 is 0 Å². The van der Waals surface area contributed by atoms with Crippen molar-refractivity contribution >= 4 is 17.6 Å². The van der Waals surface area contributed by atoms with Gasteiger partial charge in [-0.2, -0.15) is 0 Å². The van der Waals surface area contributed by atoms with Crippen LogP contribution in [-0.4, -0.2) is 41.0 Å². The van der Waals surface area contributed by atoms with E-state index in [1.807, 2.05) is 30.0 Å². The van der Waals surface area contributed by atoms with Crippen LogP contribution in [0, 0.1) is 12.8 Å². The van der Waals surface area contributed by atoms with Gasteiger partial charge in [-0.15, -0.1) is 0 Å². The van der Waals surface area contributed by atoms with Crippen LogP contribution in [0.2, 0.25) is 0 Å². The first-order valence-corrected chi connectivity index (χ1v) is 12.0. The fraction of sp³-hybridized carbons (Fsp3) is 0.500. The molecule has 1 saturated heterocycles. The molecule has 176 valence electrons. The molecular weight excluding hydrogens is 416 g/mol. The molecule has 2 N–H and O–H groups in total. The van der Waals surface area contributed by atoms with Gasteiger partial charge in [-0.05, 0) is 81.2 Å². The number of nitrogens with zero attached hydrogens (tertiary/aromatic N) is 2. The number of likely N-dealkylation sites (tertiary alicyclic amines) is 1. The molecule has 33 heavy (non-hydrogen) atoms. The number of benzene rings is 1. The molecule has 7 nitrogen and oxygen atoms in total. The van der Waals surface area contributed by atoms with Crippen LogP contribution in [0.4, 0.5) is 10.5 Å². The molecule has 0 unspecified atom stereocenters. The Balaban J connectivity index is 1.32. The van der Waals surface area contributed by atoms with Crippen molar-refractivity contribution in [2.24, 2.45) is 5.92 Å². The molecule has 2 fully saturated rings. The Bertz CT molecular complexity index is 979. The van der Waals surface area contributed by atoms with E-state index in [9.17, 15) is 9.59 Å². The third-order valence-corrected chi connectivity index (χ3v) is 6.66. The number of aromatic nitrogens is 1. The zero-order chi connectivity index (χ0) is 23.2. The normalized spacial score (nSPS) is 17.1. The molecule has 4 rings (SSSR count). The Labute approximate surface area is 195 Å². The zero-order valence-corrected chi connectivity index (χ0v) is 19.6. The number of aryl methyl sites for hydroxylation is 1. The quantitative estimate of drug-likeness (QED) is 0.655. The molecule has 0 radical (unpaired) electrons. The van der Waals surface area contributed by atoms with Crippen molar-refractivity contribution in [2.45, 2.75) is 65.0 Å². The number of nitrogens with one attached hydrogen (secondary N) is 2. The van der Waals surface area contributed by atoms with E-state index in [-0.39, 0.29) is 18.0 Å². The zero-order valence-electron chi connectivity index (χ0n) is 19.6. The summed E-state index contributed by atoms with van der Waals surface area (Å²) in [4.78, 5) is 31.6. The molecule has 2 aromatic rings. The SMILES string of the molecule is Cc1cc(C(=O)N2CCC(C)CC2)ccc1NC(=O)NCc1cccnc1OC1CCCC1. The fourth-order valence-corrected chi connectivity index (χ4v) is 4.50. The van der Waals surface area contributed by atoms with E-state index >= 15 is 0 Å². The van der Waals surface area contributed by atoms with Gasteiger partial charge in [0.2, 0.25) is 5.88 Å². The van der Waals surface area contributed by atoms with E-state index in [0.29, 0.717) is 29.6 Å². The van der Waals surface area contributed by atoms with Crippen molar-refractivity contribution < 1.29 is 14.3 Å². The number of hydrogen-bond acceptors (Lipinski definition) is 4. The minimum Gasteiger partial charge on any atom is -0.474 e. The second-order valence-electron chi connectivity index (χ2n) is 9.30. The average molecular weight is 451 g/mol. The van der Waals surface area contributed by atoms with Gasteiger partial charge < -0.3 is 20.3 Å². The van der Waals surface area contributed by atoms with Gasteiger partial charge in [-0.3, -0.25) is 4.79 Å².